The SMILES string of the molecule is CCCCn1c(=O)c([N+](=O)[O-])c(-c2cnn(Cc3ccccc3C(F)(F)F)c2)n(C(C)OC)c1=O. The third-order valence-electron chi connectivity index (χ3n) is 5.53. The molecule has 3 rings (SSSR count). The van der Waals surface area contributed by atoms with Crippen molar-refractivity contribution in [3.05, 3.63) is 78.7 Å². The molecule has 0 radical (unpaired) electrons. The Kier molecular flexibility index (Phi) is 7.58. The molecule has 2 aromatic heterocycles. The zero-order valence-electron chi connectivity index (χ0n) is 19.3. The lowest BCUT2D eigenvalue weighted by molar-refractivity contribution is -0.386. The van der Waals surface area contributed by atoms with E-state index in [2.05, 4.69) is 5.10 Å². The molecular weight excluding hydrogens is 471 g/mol. The van der Waals surface area contributed by atoms with E-state index in [0.29, 0.717) is 12.8 Å². The van der Waals surface area contributed by atoms with Gasteiger partial charge in [0.15, 0.2) is 0 Å². The fourth-order valence-corrected chi connectivity index (χ4v) is 3.73. The second-order valence-corrected chi connectivity index (χ2v) is 7.83. The normalized spacial score (nSPS) is 12.6. The first-order valence-corrected chi connectivity index (χ1v) is 10.8. The van der Waals surface area contributed by atoms with Crippen LogP contribution >= 0.6 is 0 Å². The van der Waals surface area contributed by atoms with Crippen LogP contribution in [0.4, 0.5) is 18.9 Å². The zero-order chi connectivity index (χ0) is 25.9. The lowest BCUT2D eigenvalue weighted by atomic mass is 10.1. The lowest BCUT2D eigenvalue weighted by Crippen LogP contribution is -2.43. The predicted molar refractivity (Wildman–Crippen MR) is 120 cm³/mol. The summed E-state index contributed by atoms with van der Waals surface area (Å²) in [4.78, 5) is 37.2. The molecule has 0 amide bonds. The Bertz CT molecular complexity index is 1340. The minimum absolute atomic E-state index is 0.0147. The van der Waals surface area contributed by atoms with Crippen LogP contribution in [0, 0.1) is 10.1 Å². The minimum Gasteiger partial charge on any atom is -0.361 e. The number of nitrogens with zero attached hydrogens (tertiary/aromatic N) is 5. The second-order valence-electron chi connectivity index (χ2n) is 7.83. The molecule has 0 saturated carbocycles. The number of alkyl halides is 3. The van der Waals surface area contributed by atoms with Crippen LogP contribution in [0.25, 0.3) is 11.3 Å². The third-order valence-corrected chi connectivity index (χ3v) is 5.53. The molecule has 1 unspecified atom stereocenters. The number of ether oxygens (including phenoxy) is 1. The molecule has 188 valence electrons. The van der Waals surface area contributed by atoms with Crippen LogP contribution in [0.2, 0.25) is 0 Å². The average Bonchev–Trinajstić information content (AvgIpc) is 3.25. The molecule has 2 heterocycles. The second kappa shape index (κ2) is 10.3. The van der Waals surface area contributed by atoms with E-state index in [1.165, 1.54) is 38.4 Å². The van der Waals surface area contributed by atoms with Crippen LogP contribution in [0.15, 0.2) is 46.2 Å². The van der Waals surface area contributed by atoms with Crippen LogP contribution in [-0.4, -0.2) is 30.9 Å². The number of methoxy groups -OCH3 is 1. The van der Waals surface area contributed by atoms with Crippen LogP contribution in [-0.2, 0) is 24.0 Å². The van der Waals surface area contributed by atoms with Gasteiger partial charge in [0.1, 0.15) is 11.9 Å². The van der Waals surface area contributed by atoms with Gasteiger partial charge in [-0.3, -0.25) is 28.7 Å². The van der Waals surface area contributed by atoms with E-state index in [-0.39, 0.29) is 29.9 Å². The van der Waals surface area contributed by atoms with Gasteiger partial charge in [0.2, 0.25) is 0 Å². The number of hydrogen-bond donors (Lipinski definition) is 0. The van der Waals surface area contributed by atoms with E-state index in [1.54, 1.807) is 0 Å². The van der Waals surface area contributed by atoms with Crippen LogP contribution < -0.4 is 11.2 Å². The van der Waals surface area contributed by atoms with Gasteiger partial charge in [-0.1, -0.05) is 31.5 Å². The number of rotatable bonds is 9. The summed E-state index contributed by atoms with van der Waals surface area (Å²) < 4.78 is 48.3. The molecule has 1 atom stereocenters. The van der Waals surface area contributed by atoms with E-state index in [4.69, 9.17) is 4.74 Å². The fraction of sp³-hybridized carbons (Fsp3) is 0.409. The number of nitro groups is 1. The van der Waals surface area contributed by atoms with Gasteiger partial charge in [0.25, 0.3) is 0 Å². The standard InChI is InChI=1S/C22H24F3N5O5/c1-4-5-10-28-20(31)19(30(33)34)18(29(21(28)32)14(2)35-3)16-11-26-27(13-16)12-15-8-6-7-9-17(15)22(23,24)25/h6-9,11,13-14H,4-5,10,12H2,1-3H3. The van der Waals surface area contributed by atoms with Crippen LogP contribution in [0.3, 0.4) is 0 Å². The van der Waals surface area contributed by atoms with E-state index < -0.39 is 39.8 Å². The van der Waals surface area contributed by atoms with Crippen molar-refractivity contribution in [3.63, 3.8) is 0 Å². The minimum atomic E-state index is -4.58. The molecule has 35 heavy (non-hydrogen) atoms. The number of benzene rings is 1. The summed E-state index contributed by atoms with van der Waals surface area (Å²) in [7, 11) is 1.30. The Balaban J connectivity index is 2.20. The molecule has 0 aliphatic rings. The Hall–Kier alpha value is -3.74. The molecule has 0 bridgehead atoms. The smallest absolute Gasteiger partial charge is 0.361 e. The van der Waals surface area contributed by atoms with Crippen molar-refractivity contribution in [2.75, 3.05) is 7.11 Å². The molecule has 1 aromatic carbocycles. The van der Waals surface area contributed by atoms with Gasteiger partial charge in [0.05, 0.1) is 23.2 Å². The van der Waals surface area contributed by atoms with Crippen molar-refractivity contribution in [1.29, 1.82) is 0 Å². The molecule has 0 saturated heterocycles. The molecule has 13 heteroatoms. The van der Waals surface area contributed by atoms with Gasteiger partial charge in [-0.25, -0.2) is 4.79 Å². The molecular formula is C22H24F3N5O5. The highest BCUT2D eigenvalue weighted by atomic mass is 19.4. The van der Waals surface area contributed by atoms with E-state index in [0.717, 1.165) is 26.1 Å². The number of aromatic nitrogens is 4. The van der Waals surface area contributed by atoms with Crippen LogP contribution in [0.5, 0.6) is 0 Å². The summed E-state index contributed by atoms with van der Waals surface area (Å²) in [5.41, 5.74) is -3.94. The average molecular weight is 495 g/mol. The molecule has 0 fully saturated rings. The van der Waals surface area contributed by atoms with E-state index in [9.17, 15) is 32.9 Å². The largest absolute Gasteiger partial charge is 0.416 e. The summed E-state index contributed by atoms with van der Waals surface area (Å²) >= 11 is 0. The van der Waals surface area contributed by atoms with Gasteiger partial charge < -0.3 is 4.74 Å². The summed E-state index contributed by atoms with van der Waals surface area (Å²) in [6, 6.07) is 4.96. The van der Waals surface area contributed by atoms with E-state index in [1.807, 2.05) is 6.92 Å². The summed E-state index contributed by atoms with van der Waals surface area (Å²) in [5, 5.41) is 16.0. The van der Waals surface area contributed by atoms with Gasteiger partial charge in [-0.2, -0.15) is 18.3 Å². The topological polar surface area (TPSA) is 114 Å². The van der Waals surface area contributed by atoms with Gasteiger partial charge >= 0.3 is 23.1 Å². The van der Waals surface area contributed by atoms with Crippen molar-refractivity contribution in [2.24, 2.45) is 0 Å². The van der Waals surface area contributed by atoms with Crippen LogP contribution in [0.1, 0.15) is 44.0 Å². The fourth-order valence-electron chi connectivity index (χ4n) is 3.73. The quantitative estimate of drug-likeness (QED) is 0.329. The maximum atomic E-state index is 13.4. The van der Waals surface area contributed by atoms with E-state index >= 15 is 0 Å². The maximum absolute atomic E-state index is 13.4. The molecule has 0 N–H and O–H groups in total. The first kappa shape index (κ1) is 25.9. The first-order chi connectivity index (χ1) is 16.5. The number of halogens is 3. The molecule has 10 nitrogen and oxygen atoms in total. The number of hydrogen-bond acceptors (Lipinski definition) is 6. The first-order valence-electron chi connectivity index (χ1n) is 10.8. The third kappa shape index (κ3) is 5.19. The predicted octanol–water partition coefficient (Wildman–Crippen LogP) is 3.81. The van der Waals surface area contributed by atoms with Crippen molar-refractivity contribution >= 4 is 5.69 Å². The summed E-state index contributed by atoms with van der Waals surface area (Å²) in [6.07, 6.45) is -2.06. The highest BCUT2D eigenvalue weighted by Crippen LogP contribution is 2.33. The molecule has 3 aromatic rings. The van der Waals surface area contributed by atoms with Crippen molar-refractivity contribution < 1.29 is 22.8 Å². The Morgan fingerprint density at radius 1 is 1.23 bits per heavy atom. The number of unbranched alkanes of at least 4 members (excludes halogenated alkanes) is 1. The Morgan fingerprint density at radius 2 is 1.91 bits per heavy atom. The molecule has 0 aliphatic heterocycles. The summed E-state index contributed by atoms with van der Waals surface area (Å²) in [5.74, 6) is 0. The van der Waals surface area contributed by atoms with Gasteiger partial charge in [-0.15, -0.1) is 0 Å². The highest BCUT2D eigenvalue weighted by Gasteiger charge is 2.34. The zero-order valence-corrected chi connectivity index (χ0v) is 19.3. The van der Waals surface area contributed by atoms with Crippen molar-refractivity contribution in [2.45, 2.75) is 52.2 Å². The maximum Gasteiger partial charge on any atom is 0.416 e. The monoisotopic (exact) mass is 495 g/mol. The molecule has 0 aliphatic carbocycles. The Labute approximate surface area is 197 Å². The molecule has 0 spiro atoms. The van der Waals surface area contributed by atoms with Crippen molar-refractivity contribution in [3.8, 4) is 11.3 Å². The summed E-state index contributed by atoms with van der Waals surface area (Å²) in [6.45, 7) is 3.02. The van der Waals surface area contributed by atoms with Gasteiger partial charge in [0, 0.05) is 25.4 Å². The lowest BCUT2D eigenvalue weighted by Gasteiger charge is -2.19. The Morgan fingerprint density at radius 3 is 2.51 bits per heavy atom. The van der Waals surface area contributed by atoms with Gasteiger partial charge in [-0.05, 0) is 25.0 Å². The van der Waals surface area contributed by atoms with Crippen molar-refractivity contribution in [1.82, 2.24) is 18.9 Å². The highest BCUT2D eigenvalue weighted by molar-refractivity contribution is 5.68.